The molecule has 2 heterocycles. The maximum atomic E-state index is 12.6. The number of fused-ring (bicyclic) bond motifs is 1. The van der Waals surface area contributed by atoms with E-state index in [1.807, 2.05) is 24.3 Å². The lowest BCUT2D eigenvalue weighted by atomic mass is 10.1. The summed E-state index contributed by atoms with van der Waals surface area (Å²) in [6.07, 6.45) is 2.32. The van der Waals surface area contributed by atoms with E-state index >= 15 is 0 Å². The molecule has 0 aromatic heterocycles. The minimum absolute atomic E-state index is 0.0352. The zero-order valence-electron chi connectivity index (χ0n) is 14.5. The van der Waals surface area contributed by atoms with Crippen LogP contribution in [0.2, 0.25) is 0 Å². The van der Waals surface area contributed by atoms with E-state index in [1.54, 1.807) is 16.7 Å². The van der Waals surface area contributed by atoms with Crippen molar-refractivity contribution in [3.63, 3.8) is 0 Å². The Kier molecular flexibility index (Phi) is 5.72. The Morgan fingerprint density at radius 2 is 2.08 bits per heavy atom. The molecule has 0 spiro atoms. The van der Waals surface area contributed by atoms with Gasteiger partial charge in [-0.25, -0.2) is 8.42 Å². The number of ether oxygens (including phenoxy) is 1. The monoisotopic (exact) mass is 395 g/mol. The number of para-hydroxylation sites is 1. The van der Waals surface area contributed by atoms with Crippen LogP contribution in [0.1, 0.15) is 19.8 Å². The van der Waals surface area contributed by atoms with Crippen LogP contribution in [-0.2, 0) is 24.2 Å². The molecule has 2 aliphatic heterocycles. The molecule has 6 nitrogen and oxygen atoms in total. The van der Waals surface area contributed by atoms with E-state index in [4.69, 9.17) is 4.74 Å². The molecule has 2 aliphatic rings. The number of esters is 1. The SMILES string of the molecule is CC1CCN(C(=O)COC(=O)CC2C=CS(=O)(=O)C2)c2ccccc2S1. The second-order valence-electron chi connectivity index (χ2n) is 6.51. The Hall–Kier alpha value is -1.80. The van der Waals surface area contributed by atoms with Crippen molar-refractivity contribution in [3.05, 3.63) is 35.7 Å². The van der Waals surface area contributed by atoms with E-state index in [0.717, 1.165) is 22.4 Å². The number of allylic oxidation sites excluding steroid dienone is 1. The van der Waals surface area contributed by atoms with Crippen LogP contribution in [0.5, 0.6) is 0 Å². The van der Waals surface area contributed by atoms with Crippen molar-refractivity contribution in [3.8, 4) is 0 Å². The summed E-state index contributed by atoms with van der Waals surface area (Å²) in [6, 6.07) is 7.71. The topological polar surface area (TPSA) is 80.8 Å². The summed E-state index contributed by atoms with van der Waals surface area (Å²) >= 11 is 1.73. The molecule has 8 heteroatoms. The first kappa shape index (κ1) is 19.0. The average Bonchev–Trinajstić information content (AvgIpc) is 2.83. The van der Waals surface area contributed by atoms with Gasteiger partial charge in [0.2, 0.25) is 0 Å². The van der Waals surface area contributed by atoms with Gasteiger partial charge in [-0.05, 0) is 18.6 Å². The molecular weight excluding hydrogens is 374 g/mol. The Labute approximate surface area is 157 Å². The van der Waals surface area contributed by atoms with Crippen molar-refractivity contribution >= 4 is 39.2 Å². The van der Waals surface area contributed by atoms with Gasteiger partial charge in [-0.15, -0.1) is 11.8 Å². The van der Waals surface area contributed by atoms with Gasteiger partial charge in [0.15, 0.2) is 16.4 Å². The highest BCUT2D eigenvalue weighted by Crippen LogP contribution is 2.37. The number of hydrogen-bond donors (Lipinski definition) is 0. The first-order valence-corrected chi connectivity index (χ1v) is 11.1. The second-order valence-corrected chi connectivity index (χ2v) is 9.92. The summed E-state index contributed by atoms with van der Waals surface area (Å²) in [4.78, 5) is 27.2. The highest BCUT2D eigenvalue weighted by Gasteiger charge is 2.27. The second kappa shape index (κ2) is 7.84. The minimum atomic E-state index is -3.20. The molecule has 26 heavy (non-hydrogen) atoms. The predicted molar refractivity (Wildman–Crippen MR) is 101 cm³/mol. The number of carbonyl (C=O) groups is 2. The van der Waals surface area contributed by atoms with Crippen molar-refractivity contribution in [2.24, 2.45) is 5.92 Å². The molecule has 2 atom stereocenters. The fourth-order valence-electron chi connectivity index (χ4n) is 3.01. The van der Waals surface area contributed by atoms with Crippen LogP contribution in [0.15, 0.2) is 40.6 Å². The molecule has 2 unspecified atom stereocenters. The third-order valence-corrected chi connectivity index (χ3v) is 7.04. The lowest BCUT2D eigenvalue weighted by molar-refractivity contribution is -0.148. The van der Waals surface area contributed by atoms with E-state index in [2.05, 4.69) is 6.92 Å². The van der Waals surface area contributed by atoms with Crippen LogP contribution in [0.3, 0.4) is 0 Å². The van der Waals surface area contributed by atoms with Gasteiger partial charge >= 0.3 is 5.97 Å². The summed E-state index contributed by atoms with van der Waals surface area (Å²) in [5.41, 5.74) is 0.840. The number of benzene rings is 1. The fourth-order valence-corrected chi connectivity index (χ4v) is 5.52. The van der Waals surface area contributed by atoms with E-state index < -0.39 is 15.8 Å². The van der Waals surface area contributed by atoms with Gasteiger partial charge in [-0.3, -0.25) is 9.59 Å². The largest absolute Gasteiger partial charge is 0.456 e. The van der Waals surface area contributed by atoms with Gasteiger partial charge in [0.05, 0.1) is 17.9 Å². The zero-order chi connectivity index (χ0) is 18.7. The maximum absolute atomic E-state index is 12.6. The number of nitrogens with zero attached hydrogens (tertiary/aromatic N) is 1. The highest BCUT2D eigenvalue weighted by molar-refractivity contribution is 8.00. The van der Waals surface area contributed by atoms with Crippen molar-refractivity contribution < 1.29 is 22.7 Å². The van der Waals surface area contributed by atoms with Crippen LogP contribution < -0.4 is 4.90 Å². The van der Waals surface area contributed by atoms with Gasteiger partial charge in [0.25, 0.3) is 5.91 Å². The minimum Gasteiger partial charge on any atom is -0.456 e. The van der Waals surface area contributed by atoms with Crippen molar-refractivity contribution in [1.29, 1.82) is 0 Å². The Balaban J connectivity index is 1.58. The summed E-state index contributed by atoms with van der Waals surface area (Å²) in [5.74, 6) is -1.28. The Morgan fingerprint density at radius 3 is 2.81 bits per heavy atom. The summed E-state index contributed by atoms with van der Waals surface area (Å²) in [6.45, 7) is 2.36. The Morgan fingerprint density at radius 1 is 1.31 bits per heavy atom. The molecule has 0 bridgehead atoms. The summed E-state index contributed by atoms with van der Waals surface area (Å²) in [5, 5.41) is 1.52. The third kappa shape index (κ3) is 4.67. The number of rotatable bonds is 4. The normalized spacial score (nSPS) is 24.0. The molecule has 1 aromatic rings. The van der Waals surface area contributed by atoms with E-state index in [0.29, 0.717) is 11.8 Å². The standard InChI is InChI=1S/C18H21NO5S2/c1-13-6-8-19(15-4-2-3-5-16(15)25-13)17(20)11-24-18(21)10-14-7-9-26(22,23)12-14/h2-5,7,9,13-14H,6,8,10-12H2,1H3. The van der Waals surface area contributed by atoms with Gasteiger partial charge < -0.3 is 9.64 Å². The van der Waals surface area contributed by atoms with Gasteiger partial charge in [0.1, 0.15) is 0 Å². The van der Waals surface area contributed by atoms with Crippen LogP contribution in [-0.4, -0.2) is 44.4 Å². The first-order valence-electron chi connectivity index (χ1n) is 8.47. The van der Waals surface area contributed by atoms with Crippen LogP contribution in [0.25, 0.3) is 0 Å². The van der Waals surface area contributed by atoms with E-state index in [-0.39, 0.29) is 30.6 Å². The molecule has 0 fully saturated rings. The van der Waals surface area contributed by atoms with Crippen LogP contribution in [0.4, 0.5) is 5.69 Å². The Bertz CT molecular complexity index is 834. The predicted octanol–water partition coefficient (Wildman–Crippen LogP) is 2.40. The van der Waals surface area contributed by atoms with E-state index in [9.17, 15) is 18.0 Å². The number of thioether (sulfide) groups is 1. The van der Waals surface area contributed by atoms with Crippen LogP contribution >= 0.6 is 11.8 Å². The first-order chi connectivity index (χ1) is 12.3. The van der Waals surface area contributed by atoms with Gasteiger partial charge in [-0.2, -0.15) is 0 Å². The summed E-state index contributed by atoms with van der Waals surface area (Å²) in [7, 11) is -3.20. The quantitative estimate of drug-likeness (QED) is 0.728. The van der Waals surface area contributed by atoms with Gasteiger partial charge in [-0.1, -0.05) is 25.1 Å². The zero-order valence-corrected chi connectivity index (χ0v) is 16.1. The molecule has 0 radical (unpaired) electrons. The smallest absolute Gasteiger partial charge is 0.306 e. The number of hydrogen-bond acceptors (Lipinski definition) is 6. The van der Waals surface area contributed by atoms with Crippen LogP contribution in [0, 0.1) is 5.92 Å². The molecule has 0 aliphatic carbocycles. The molecule has 140 valence electrons. The molecule has 0 saturated carbocycles. The molecular formula is C18H21NO5S2. The molecule has 1 aromatic carbocycles. The molecule has 0 saturated heterocycles. The average molecular weight is 396 g/mol. The maximum Gasteiger partial charge on any atom is 0.306 e. The van der Waals surface area contributed by atoms with Gasteiger partial charge in [0, 0.05) is 28.0 Å². The lowest BCUT2D eigenvalue weighted by Gasteiger charge is -2.22. The number of carbonyl (C=O) groups excluding carboxylic acids is 2. The highest BCUT2D eigenvalue weighted by atomic mass is 32.2. The van der Waals surface area contributed by atoms with Crippen molar-refractivity contribution in [2.75, 3.05) is 23.8 Å². The molecule has 0 N–H and O–H groups in total. The lowest BCUT2D eigenvalue weighted by Crippen LogP contribution is -2.36. The third-order valence-electron chi connectivity index (χ3n) is 4.33. The number of sulfone groups is 1. The molecule has 1 amide bonds. The van der Waals surface area contributed by atoms with Crippen molar-refractivity contribution in [1.82, 2.24) is 0 Å². The van der Waals surface area contributed by atoms with Crippen molar-refractivity contribution in [2.45, 2.75) is 29.9 Å². The number of anilines is 1. The summed E-state index contributed by atoms with van der Waals surface area (Å²) < 4.78 is 27.8. The fraction of sp³-hybridized carbons (Fsp3) is 0.444. The van der Waals surface area contributed by atoms with E-state index in [1.165, 1.54) is 6.08 Å². The number of amides is 1. The molecule has 3 rings (SSSR count).